The van der Waals surface area contributed by atoms with Crippen LogP contribution in [0.25, 0.3) is 10.9 Å². The molecule has 7 nitrogen and oxygen atoms in total. The Hall–Kier alpha value is -2.74. The lowest BCUT2D eigenvalue weighted by molar-refractivity contribution is -0.119. The quantitative estimate of drug-likeness (QED) is 0.588. The fraction of sp³-hybridized carbons (Fsp3) is 0.364. The minimum Gasteiger partial charge on any atom is -0.363 e. The van der Waals surface area contributed by atoms with E-state index in [0.717, 1.165) is 46.5 Å². The molecule has 1 aliphatic heterocycles. The van der Waals surface area contributed by atoms with Gasteiger partial charge in [0.2, 0.25) is 5.91 Å². The number of hydrogen-bond acceptors (Lipinski definition) is 6. The monoisotopic (exact) mass is 468 g/mol. The van der Waals surface area contributed by atoms with Gasteiger partial charge in [-0.25, -0.2) is 15.0 Å². The molecule has 0 aliphatic carbocycles. The molecular weight excluding hydrogens is 444 g/mol. The van der Waals surface area contributed by atoms with Gasteiger partial charge in [-0.05, 0) is 44.0 Å². The molecule has 8 heteroatoms. The molecule has 1 aliphatic rings. The maximum atomic E-state index is 11.4. The van der Waals surface area contributed by atoms with E-state index >= 15 is 0 Å². The number of fused-ring (bicyclic) bond motifs is 1. The molecule has 1 aromatic carbocycles. The van der Waals surface area contributed by atoms with Crippen LogP contribution in [0.4, 0.5) is 11.6 Å². The minimum atomic E-state index is 0.00483. The number of carbonyl (C=O) groups is 1. The van der Waals surface area contributed by atoms with Crippen molar-refractivity contribution in [3.63, 3.8) is 0 Å². The van der Waals surface area contributed by atoms with Gasteiger partial charge in [0, 0.05) is 35.9 Å². The van der Waals surface area contributed by atoms with Crippen molar-refractivity contribution in [3.8, 4) is 0 Å². The number of aryl methyl sites for hydroxylation is 1. The highest BCUT2D eigenvalue weighted by molar-refractivity contribution is 9.10. The molecule has 3 heterocycles. The third-order valence-corrected chi connectivity index (χ3v) is 5.79. The highest BCUT2D eigenvalue weighted by Gasteiger charge is 2.24. The summed E-state index contributed by atoms with van der Waals surface area (Å²) in [7, 11) is 0. The van der Waals surface area contributed by atoms with Crippen molar-refractivity contribution in [1.82, 2.24) is 20.3 Å². The first-order valence-electron chi connectivity index (χ1n) is 10.1. The van der Waals surface area contributed by atoms with Crippen LogP contribution in [0, 0.1) is 6.92 Å². The van der Waals surface area contributed by atoms with E-state index in [0.29, 0.717) is 5.82 Å². The van der Waals surface area contributed by atoms with E-state index in [1.165, 1.54) is 5.56 Å². The van der Waals surface area contributed by atoms with Crippen LogP contribution in [0.5, 0.6) is 0 Å². The number of nitrogens with one attached hydrogen (secondary N) is 2. The van der Waals surface area contributed by atoms with Crippen LogP contribution in [-0.2, 0) is 4.79 Å². The van der Waals surface area contributed by atoms with Gasteiger partial charge in [-0.15, -0.1) is 0 Å². The zero-order valence-corrected chi connectivity index (χ0v) is 18.9. The SMILES string of the molecule is CC(=O)NC1CCN(c2cc3c(NC(C)c4cccc(Br)c4)nc(C)nc3cn2)C1. The van der Waals surface area contributed by atoms with Gasteiger partial charge < -0.3 is 15.5 Å². The van der Waals surface area contributed by atoms with E-state index in [-0.39, 0.29) is 18.0 Å². The molecule has 1 saturated heterocycles. The van der Waals surface area contributed by atoms with Crippen LogP contribution in [0.15, 0.2) is 41.0 Å². The van der Waals surface area contributed by atoms with Gasteiger partial charge in [0.1, 0.15) is 17.5 Å². The summed E-state index contributed by atoms with van der Waals surface area (Å²) in [6.07, 6.45) is 2.72. The Morgan fingerprint density at radius 1 is 1.30 bits per heavy atom. The Balaban J connectivity index is 1.63. The maximum Gasteiger partial charge on any atom is 0.217 e. The second-order valence-electron chi connectivity index (χ2n) is 7.73. The Kier molecular flexibility index (Phi) is 5.85. The Bertz CT molecular complexity index is 1090. The molecule has 0 saturated carbocycles. The van der Waals surface area contributed by atoms with Crippen LogP contribution >= 0.6 is 15.9 Å². The van der Waals surface area contributed by atoms with Gasteiger partial charge in [0.25, 0.3) is 0 Å². The van der Waals surface area contributed by atoms with Crippen molar-refractivity contribution in [2.24, 2.45) is 0 Å². The van der Waals surface area contributed by atoms with Crippen LogP contribution in [-0.4, -0.2) is 40.0 Å². The van der Waals surface area contributed by atoms with E-state index in [4.69, 9.17) is 0 Å². The molecule has 0 radical (unpaired) electrons. The molecular formula is C22H25BrN6O. The van der Waals surface area contributed by atoms with Gasteiger partial charge in [-0.2, -0.15) is 0 Å². The van der Waals surface area contributed by atoms with E-state index in [9.17, 15) is 4.79 Å². The van der Waals surface area contributed by atoms with Crippen molar-refractivity contribution in [3.05, 3.63) is 52.4 Å². The van der Waals surface area contributed by atoms with Crippen molar-refractivity contribution in [2.75, 3.05) is 23.3 Å². The van der Waals surface area contributed by atoms with Gasteiger partial charge in [0.05, 0.1) is 17.8 Å². The predicted octanol–water partition coefficient (Wildman–Crippen LogP) is 3.98. The van der Waals surface area contributed by atoms with Crippen molar-refractivity contribution in [2.45, 2.75) is 39.3 Å². The highest BCUT2D eigenvalue weighted by Crippen LogP contribution is 2.29. The minimum absolute atomic E-state index is 0.00483. The Labute approximate surface area is 184 Å². The summed E-state index contributed by atoms with van der Waals surface area (Å²) in [5.41, 5.74) is 1.98. The van der Waals surface area contributed by atoms with Crippen LogP contribution < -0.4 is 15.5 Å². The Morgan fingerprint density at radius 2 is 2.13 bits per heavy atom. The Morgan fingerprint density at radius 3 is 2.90 bits per heavy atom. The second-order valence-corrected chi connectivity index (χ2v) is 8.65. The zero-order valence-electron chi connectivity index (χ0n) is 17.3. The van der Waals surface area contributed by atoms with Crippen molar-refractivity contribution < 1.29 is 4.79 Å². The third kappa shape index (κ3) is 4.53. The number of benzene rings is 1. The number of pyridine rings is 1. The molecule has 0 spiro atoms. The van der Waals surface area contributed by atoms with Gasteiger partial charge in [-0.3, -0.25) is 4.79 Å². The van der Waals surface area contributed by atoms with Crippen LogP contribution in [0.1, 0.15) is 37.7 Å². The molecule has 2 atom stereocenters. The van der Waals surface area contributed by atoms with E-state index in [1.807, 2.05) is 25.1 Å². The first-order valence-corrected chi connectivity index (χ1v) is 10.9. The van der Waals surface area contributed by atoms with Crippen molar-refractivity contribution in [1.29, 1.82) is 0 Å². The number of halogens is 1. The topological polar surface area (TPSA) is 83.0 Å². The number of hydrogen-bond donors (Lipinski definition) is 2. The molecule has 2 aromatic heterocycles. The molecule has 2 unspecified atom stereocenters. The number of rotatable bonds is 5. The summed E-state index contributed by atoms with van der Waals surface area (Å²) in [6, 6.07) is 10.5. The van der Waals surface area contributed by atoms with E-state index in [1.54, 1.807) is 13.1 Å². The average Bonchev–Trinajstić information content (AvgIpc) is 3.15. The number of amides is 1. The number of aromatic nitrogens is 3. The first-order chi connectivity index (χ1) is 14.4. The zero-order chi connectivity index (χ0) is 21.3. The summed E-state index contributed by atoms with van der Waals surface area (Å²) in [6.45, 7) is 7.17. The fourth-order valence-electron chi connectivity index (χ4n) is 3.86. The van der Waals surface area contributed by atoms with Crippen LogP contribution in [0.2, 0.25) is 0 Å². The molecule has 156 valence electrons. The molecule has 1 fully saturated rings. The maximum absolute atomic E-state index is 11.4. The van der Waals surface area contributed by atoms with E-state index < -0.39 is 0 Å². The summed E-state index contributed by atoms with van der Waals surface area (Å²) >= 11 is 3.54. The largest absolute Gasteiger partial charge is 0.363 e. The van der Waals surface area contributed by atoms with E-state index in [2.05, 4.69) is 65.5 Å². The second kappa shape index (κ2) is 8.55. The molecule has 0 bridgehead atoms. The highest BCUT2D eigenvalue weighted by atomic mass is 79.9. The number of nitrogens with zero attached hydrogens (tertiary/aromatic N) is 4. The molecule has 30 heavy (non-hydrogen) atoms. The molecule has 2 N–H and O–H groups in total. The summed E-state index contributed by atoms with van der Waals surface area (Å²) in [5, 5.41) is 7.48. The number of carbonyl (C=O) groups excluding carboxylic acids is 1. The molecule has 1 amide bonds. The van der Waals surface area contributed by atoms with Gasteiger partial charge in [-0.1, -0.05) is 28.1 Å². The standard InChI is InChI=1S/C22H25BrN6O/c1-13(16-5-4-6-17(23)9-16)25-22-19-10-21(24-11-20(19)26-14(2)27-22)29-8-7-18(12-29)28-15(3)30/h4-6,9-11,13,18H,7-8,12H2,1-3H3,(H,28,30)(H,25,26,27). The lowest BCUT2D eigenvalue weighted by Gasteiger charge is -2.20. The third-order valence-electron chi connectivity index (χ3n) is 5.30. The summed E-state index contributed by atoms with van der Waals surface area (Å²) in [5.74, 6) is 2.38. The first kappa shape index (κ1) is 20.5. The normalized spacial score (nSPS) is 17.2. The average molecular weight is 469 g/mol. The number of anilines is 2. The van der Waals surface area contributed by atoms with Crippen LogP contribution in [0.3, 0.4) is 0 Å². The predicted molar refractivity (Wildman–Crippen MR) is 123 cm³/mol. The van der Waals surface area contributed by atoms with Crippen molar-refractivity contribution >= 4 is 44.4 Å². The molecule has 4 rings (SSSR count). The fourth-order valence-corrected chi connectivity index (χ4v) is 4.28. The lowest BCUT2D eigenvalue weighted by Crippen LogP contribution is -2.35. The van der Waals surface area contributed by atoms with Gasteiger partial charge >= 0.3 is 0 Å². The smallest absolute Gasteiger partial charge is 0.217 e. The summed E-state index contributed by atoms with van der Waals surface area (Å²) < 4.78 is 1.05. The lowest BCUT2D eigenvalue weighted by atomic mass is 10.1. The molecule has 3 aromatic rings. The van der Waals surface area contributed by atoms with Gasteiger partial charge in [0.15, 0.2) is 0 Å². The summed E-state index contributed by atoms with van der Waals surface area (Å²) in [4.78, 5) is 27.4.